The summed E-state index contributed by atoms with van der Waals surface area (Å²) in [5.41, 5.74) is 0.0130. The minimum atomic E-state index is -0.947. The third-order valence-electron chi connectivity index (χ3n) is 5.81. The van der Waals surface area contributed by atoms with Crippen LogP contribution < -0.4 is 10.6 Å². The molecule has 3 amide bonds. The number of thiol groups is 1. The Morgan fingerprint density at radius 2 is 1.58 bits per heavy atom. The van der Waals surface area contributed by atoms with Crippen LogP contribution in [0.15, 0.2) is 30.3 Å². The quantitative estimate of drug-likeness (QED) is 0.299. The van der Waals surface area contributed by atoms with Gasteiger partial charge in [0.05, 0.1) is 0 Å². The average Bonchev–Trinajstić information content (AvgIpc) is 2.78. The molecule has 204 valence electrons. The van der Waals surface area contributed by atoms with Crippen molar-refractivity contribution in [2.75, 3.05) is 5.75 Å². The predicted molar refractivity (Wildman–Crippen MR) is 149 cm³/mol. The molecule has 0 saturated carbocycles. The van der Waals surface area contributed by atoms with Crippen LogP contribution in [0.1, 0.15) is 92.7 Å². The molecular weight excluding hydrogens is 474 g/mol. The second-order valence-corrected chi connectivity index (χ2v) is 11.3. The zero-order chi connectivity index (χ0) is 27.5. The molecule has 8 heteroatoms. The number of hydrogen-bond donors (Lipinski definition) is 3. The minimum absolute atomic E-state index is 0.0304. The lowest BCUT2D eigenvalue weighted by molar-refractivity contribution is -0.145. The lowest BCUT2D eigenvalue weighted by Gasteiger charge is -2.39. The number of benzene rings is 1. The topological polar surface area (TPSA) is 87.7 Å². The Labute approximate surface area is 223 Å². The Balaban J connectivity index is 3.45. The van der Waals surface area contributed by atoms with Gasteiger partial charge in [0.1, 0.15) is 17.7 Å². The van der Waals surface area contributed by atoms with Gasteiger partial charge < -0.3 is 20.3 Å². The van der Waals surface area contributed by atoms with Crippen LogP contribution in [0.4, 0.5) is 4.79 Å². The molecule has 0 saturated heterocycles. The number of hydrogen-bond acceptors (Lipinski definition) is 5. The van der Waals surface area contributed by atoms with E-state index in [1.165, 1.54) is 0 Å². The van der Waals surface area contributed by atoms with Crippen LogP contribution in [-0.2, 0) is 14.3 Å². The van der Waals surface area contributed by atoms with Gasteiger partial charge in [-0.2, -0.15) is 12.6 Å². The molecule has 36 heavy (non-hydrogen) atoms. The molecular formula is C28H47N3O4S. The van der Waals surface area contributed by atoms with E-state index in [2.05, 4.69) is 44.0 Å². The SMILES string of the molecule is CCCC(C)NC(=O)C(c1ccccc1)N(C(=O)C(CS)NC(=O)OC(C)(C)C)C(C)CCC(C)C. The van der Waals surface area contributed by atoms with Gasteiger partial charge in [-0.1, -0.05) is 57.5 Å². The van der Waals surface area contributed by atoms with Gasteiger partial charge in [-0.15, -0.1) is 0 Å². The molecule has 0 aliphatic rings. The summed E-state index contributed by atoms with van der Waals surface area (Å²) in [7, 11) is 0. The van der Waals surface area contributed by atoms with E-state index in [0.29, 0.717) is 5.92 Å². The minimum Gasteiger partial charge on any atom is -0.444 e. The zero-order valence-electron chi connectivity index (χ0n) is 23.3. The van der Waals surface area contributed by atoms with E-state index in [9.17, 15) is 14.4 Å². The summed E-state index contributed by atoms with van der Waals surface area (Å²) >= 11 is 4.36. The summed E-state index contributed by atoms with van der Waals surface area (Å²) in [6, 6.07) is 7.26. The summed E-state index contributed by atoms with van der Waals surface area (Å²) < 4.78 is 5.38. The summed E-state index contributed by atoms with van der Waals surface area (Å²) in [5, 5.41) is 5.77. The Kier molecular flexibility index (Phi) is 13.4. The highest BCUT2D eigenvalue weighted by atomic mass is 32.1. The van der Waals surface area contributed by atoms with E-state index in [0.717, 1.165) is 31.2 Å². The summed E-state index contributed by atoms with van der Waals surface area (Å²) in [6.07, 6.45) is 2.69. The van der Waals surface area contributed by atoms with Gasteiger partial charge in [-0.3, -0.25) is 9.59 Å². The first-order valence-electron chi connectivity index (χ1n) is 13.1. The lowest BCUT2D eigenvalue weighted by atomic mass is 9.97. The number of ether oxygens (including phenoxy) is 1. The number of rotatable bonds is 13. The highest BCUT2D eigenvalue weighted by molar-refractivity contribution is 7.80. The van der Waals surface area contributed by atoms with E-state index in [-0.39, 0.29) is 29.7 Å². The molecule has 0 fully saturated rings. The molecule has 7 nitrogen and oxygen atoms in total. The molecule has 1 aromatic carbocycles. The molecule has 0 aliphatic heterocycles. The van der Waals surface area contributed by atoms with E-state index in [1.807, 2.05) is 44.2 Å². The van der Waals surface area contributed by atoms with Crippen molar-refractivity contribution >= 4 is 30.5 Å². The van der Waals surface area contributed by atoms with E-state index < -0.39 is 23.8 Å². The number of nitrogens with one attached hydrogen (secondary N) is 2. The van der Waals surface area contributed by atoms with Crippen LogP contribution in [-0.4, -0.2) is 52.3 Å². The Morgan fingerprint density at radius 1 is 0.972 bits per heavy atom. The van der Waals surface area contributed by atoms with Crippen LogP contribution in [0.2, 0.25) is 0 Å². The van der Waals surface area contributed by atoms with Gasteiger partial charge >= 0.3 is 6.09 Å². The van der Waals surface area contributed by atoms with Crippen LogP contribution in [0.25, 0.3) is 0 Å². The molecule has 0 bridgehead atoms. The molecule has 4 unspecified atom stereocenters. The highest BCUT2D eigenvalue weighted by Gasteiger charge is 2.38. The van der Waals surface area contributed by atoms with Crippen molar-refractivity contribution < 1.29 is 19.1 Å². The zero-order valence-corrected chi connectivity index (χ0v) is 24.2. The summed E-state index contributed by atoms with van der Waals surface area (Å²) in [6.45, 7) is 15.6. The van der Waals surface area contributed by atoms with Crippen LogP contribution in [0.3, 0.4) is 0 Å². The molecule has 2 N–H and O–H groups in total. The molecule has 0 aromatic heterocycles. The predicted octanol–water partition coefficient (Wildman–Crippen LogP) is 5.51. The van der Waals surface area contributed by atoms with Crippen molar-refractivity contribution in [2.24, 2.45) is 5.92 Å². The first-order chi connectivity index (χ1) is 16.8. The smallest absolute Gasteiger partial charge is 0.408 e. The highest BCUT2D eigenvalue weighted by Crippen LogP contribution is 2.28. The fourth-order valence-corrected chi connectivity index (χ4v) is 4.28. The van der Waals surface area contributed by atoms with Crippen molar-refractivity contribution in [3.63, 3.8) is 0 Å². The van der Waals surface area contributed by atoms with Crippen LogP contribution in [0, 0.1) is 5.92 Å². The number of carbonyl (C=O) groups excluding carboxylic acids is 3. The molecule has 4 atom stereocenters. The summed E-state index contributed by atoms with van der Waals surface area (Å²) in [4.78, 5) is 41.9. The first-order valence-corrected chi connectivity index (χ1v) is 13.7. The van der Waals surface area contributed by atoms with Gasteiger partial charge in [0.2, 0.25) is 11.8 Å². The van der Waals surface area contributed by atoms with Crippen molar-refractivity contribution in [2.45, 2.75) is 111 Å². The first kappa shape index (κ1) is 31.8. The molecule has 0 heterocycles. The molecule has 0 spiro atoms. The standard InChI is InChI=1S/C28H47N3O4S/c1-9-13-20(4)29-25(32)24(22-14-11-10-12-15-22)31(21(5)17-16-19(2)3)26(33)23(18-36)30-27(34)35-28(6,7)8/h10-12,14-15,19-21,23-24,36H,9,13,16-18H2,1-8H3,(H,29,32)(H,30,34). The molecule has 0 radical (unpaired) electrons. The van der Waals surface area contributed by atoms with Gasteiger partial charge in [0.15, 0.2) is 0 Å². The maximum absolute atomic E-state index is 14.0. The number of carbonyl (C=O) groups is 3. The van der Waals surface area contributed by atoms with Gasteiger partial charge in [0.25, 0.3) is 0 Å². The summed E-state index contributed by atoms with van der Waals surface area (Å²) in [5.74, 6) is -0.0826. The largest absolute Gasteiger partial charge is 0.444 e. The van der Waals surface area contributed by atoms with Crippen LogP contribution >= 0.6 is 12.6 Å². The molecule has 1 rings (SSSR count). The van der Waals surface area contributed by atoms with Crippen molar-refractivity contribution in [1.82, 2.24) is 15.5 Å². The van der Waals surface area contributed by atoms with Crippen molar-refractivity contribution in [3.05, 3.63) is 35.9 Å². The lowest BCUT2D eigenvalue weighted by Crippen LogP contribution is -2.56. The van der Waals surface area contributed by atoms with Gasteiger partial charge in [-0.25, -0.2) is 4.79 Å². The second kappa shape index (κ2) is 15.1. The van der Waals surface area contributed by atoms with Gasteiger partial charge in [0, 0.05) is 17.8 Å². The number of alkyl carbamates (subject to hydrolysis) is 1. The average molecular weight is 522 g/mol. The monoisotopic (exact) mass is 521 g/mol. The van der Waals surface area contributed by atoms with E-state index in [1.54, 1.807) is 25.7 Å². The number of nitrogens with zero attached hydrogens (tertiary/aromatic N) is 1. The maximum atomic E-state index is 14.0. The number of amides is 3. The second-order valence-electron chi connectivity index (χ2n) is 11.0. The third kappa shape index (κ3) is 10.8. The van der Waals surface area contributed by atoms with E-state index >= 15 is 0 Å². The fraction of sp³-hybridized carbons (Fsp3) is 0.679. The van der Waals surface area contributed by atoms with Gasteiger partial charge in [-0.05, 0) is 65.4 Å². The van der Waals surface area contributed by atoms with Crippen molar-refractivity contribution in [1.29, 1.82) is 0 Å². The van der Waals surface area contributed by atoms with Crippen LogP contribution in [0.5, 0.6) is 0 Å². The Hall–Kier alpha value is -2.22. The molecule has 1 aromatic rings. The molecule has 0 aliphatic carbocycles. The van der Waals surface area contributed by atoms with Crippen molar-refractivity contribution in [3.8, 4) is 0 Å². The Bertz CT molecular complexity index is 826. The normalized spacial score (nSPS) is 14.9. The fourth-order valence-electron chi connectivity index (χ4n) is 4.03. The Morgan fingerprint density at radius 3 is 2.08 bits per heavy atom. The van der Waals surface area contributed by atoms with E-state index in [4.69, 9.17) is 4.74 Å². The third-order valence-corrected chi connectivity index (χ3v) is 6.18. The maximum Gasteiger partial charge on any atom is 0.408 e.